The molecule has 0 amide bonds. The van der Waals surface area contributed by atoms with E-state index < -0.39 is 0 Å². The van der Waals surface area contributed by atoms with Crippen molar-refractivity contribution in [3.05, 3.63) is 34.9 Å². The molecule has 1 aromatic rings. The number of nitrogens with two attached hydrogens (primary N) is 1. The van der Waals surface area contributed by atoms with Gasteiger partial charge in [-0.2, -0.15) is 4.99 Å². The summed E-state index contributed by atoms with van der Waals surface area (Å²) in [5.74, 6) is 1.16. The van der Waals surface area contributed by atoms with E-state index in [-0.39, 0.29) is 34.0 Å². The van der Waals surface area contributed by atoms with E-state index in [2.05, 4.69) is 24.3 Å². The molecule has 0 radical (unpaired) electrons. The van der Waals surface area contributed by atoms with Gasteiger partial charge in [-0.3, -0.25) is 5.32 Å². The van der Waals surface area contributed by atoms with Crippen LogP contribution in [0.4, 0.5) is 0 Å². The van der Waals surface area contributed by atoms with Gasteiger partial charge < -0.3 is 34.0 Å². The summed E-state index contributed by atoms with van der Waals surface area (Å²) in [5.41, 5.74) is 1.25. The van der Waals surface area contributed by atoms with Crippen molar-refractivity contribution >= 4 is 28.5 Å². The predicted octanol–water partition coefficient (Wildman–Crippen LogP) is -5.38. The number of benzene rings is 1. The summed E-state index contributed by atoms with van der Waals surface area (Å²) in [6.07, 6.45) is 1.20. The van der Waals surface area contributed by atoms with Gasteiger partial charge in [-0.05, 0) is 18.6 Å². The summed E-state index contributed by atoms with van der Waals surface area (Å²) in [5, 5.41) is 4.16. The molecule has 0 fully saturated rings. The Labute approximate surface area is 140 Å². The molecule has 0 spiro atoms. The van der Waals surface area contributed by atoms with E-state index in [1.54, 1.807) is 0 Å². The van der Waals surface area contributed by atoms with E-state index in [0.717, 1.165) is 17.3 Å². The number of thioether (sulfide) groups is 1. The molecule has 0 atom stereocenters. The SMILES string of the molecule is CCCSC(=[NH+]Cc1ccc(Cl)cc1)[NH2+]C.[Br-].[Br-]. The predicted molar refractivity (Wildman–Crippen MR) is 71.7 cm³/mol. The van der Waals surface area contributed by atoms with Gasteiger partial charge in [0.15, 0.2) is 6.54 Å². The van der Waals surface area contributed by atoms with Crippen LogP contribution in [0.25, 0.3) is 0 Å². The van der Waals surface area contributed by atoms with Crippen LogP contribution >= 0.6 is 23.4 Å². The second kappa shape index (κ2) is 12.5. The maximum absolute atomic E-state index is 5.83. The first-order valence-corrected chi connectivity index (χ1v) is 6.90. The van der Waals surface area contributed by atoms with Crippen LogP contribution in [-0.4, -0.2) is 18.0 Å². The normalized spacial score (nSPS) is 10.5. The molecule has 0 saturated heterocycles. The molecule has 0 bridgehead atoms. The number of halogens is 3. The number of rotatable bonds is 4. The number of nitrogens with one attached hydrogen (secondary N) is 1. The lowest BCUT2D eigenvalue weighted by molar-refractivity contribution is -0.594. The van der Waals surface area contributed by atoms with Gasteiger partial charge in [-0.15, -0.1) is 0 Å². The van der Waals surface area contributed by atoms with Crippen LogP contribution in [0.2, 0.25) is 5.02 Å². The van der Waals surface area contributed by atoms with Gasteiger partial charge in [0.05, 0.1) is 7.05 Å². The molecule has 6 heteroatoms. The minimum atomic E-state index is 0. The van der Waals surface area contributed by atoms with Crippen molar-refractivity contribution in [3.8, 4) is 0 Å². The average molecular weight is 419 g/mol. The lowest BCUT2D eigenvalue weighted by Crippen LogP contribution is -3.00. The Morgan fingerprint density at radius 2 is 1.89 bits per heavy atom. The van der Waals surface area contributed by atoms with E-state index in [9.17, 15) is 0 Å². The van der Waals surface area contributed by atoms with E-state index >= 15 is 0 Å². The summed E-state index contributed by atoms with van der Waals surface area (Å²) >= 11 is 7.70. The van der Waals surface area contributed by atoms with E-state index in [1.165, 1.54) is 17.2 Å². The molecule has 0 heterocycles. The standard InChI is InChI=1S/C12H17ClN2S.2BrH/c1-3-8-16-12(14-2)15-9-10-4-6-11(13)7-5-10;;/h4-7H,3,8-9H2,1-2H3,(H,14,15);2*1H. The zero-order valence-corrected chi connectivity index (χ0v) is 15.3. The van der Waals surface area contributed by atoms with Crippen molar-refractivity contribution in [2.45, 2.75) is 19.9 Å². The van der Waals surface area contributed by atoms with Crippen molar-refractivity contribution in [2.75, 3.05) is 12.8 Å². The minimum Gasteiger partial charge on any atom is -1.00 e. The summed E-state index contributed by atoms with van der Waals surface area (Å²) in [4.78, 5) is 3.42. The average Bonchev–Trinajstić information content (AvgIpc) is 2.32. The Kier molecular flexibility index (Phi) is 14.4. The van der Waals surface area contributed by atoms with Crippen molar-refractivity contribution < 1.29 is 44.3 Å². The third kappa shape index (κ3) is 8.53. The van der Waals surface area contributed by atoms with Crippen LogP contribution in [0.3, 0.4) is 0 Å². The van der Waals surface area contributed by atoms with Gasteiger partial charge in [0.1, 0.15) is 0 Å². The second-order valence-corrected chi connectivity index (χ2v) is 5.05. The number of hydrogen-bond acceptors (Lipinski definition) is 1. The monoisotopic (exact) mass is 416 g/mol. The third-order valence-corrected chi connectivity index (χ3v) is 3.66. The molecule has 0 aliphatic rings. The highest BCUT2D eigenvalue weighted by atomic mass is 79.9. The molecular weight excluding hydrogens is 399 g/mol. The molecule has 0 aliphatic carbocycles. The van der Waals surface area contributed by atoms with Crippen LogP contribution in [0.15, 0.2) is 24.3 Å². The van der Waals surface area contributed by atoms with Gasteiger partial charge in [0.25, 0.3) is 0 Å². The molecule has 1 rings (SSSR count). The highest BCUT2D eigenvalue weighted by Gasteiger charge is 2.07. The molecular formula is C12H19Br2ClN2S. The zero-order valence-electron chi connectivity index (χ0n) is 10.6. The molecule has 2 nitrogen and oxygen atoms in total. The Hall–Kier alpha value is 0.450. The molecule has 3 N–H and O–H groups in total. The molecule has 0 unspecified atom stereocenters. The minimum absolute atomic E-state index is 0. The number of quaternary nitrogens is 1. The van der Waals surface area contributed by atoms with Crippen LogP contribution < -0.4 is 44.3 Å². The first kappa shape index (κ1) is 20.8. The van der Waals surface area contributed by atoms with Crippen LogP contribution in [0, 0.1) is 0 Å². The second-order valence-electron chi connectivity index (χ2n) is 3.48. The van der Waals surface area contributed by atoms with Gasteiger partial charge >= 0.3 is 5.17 Å². The lowest BCUT2D eigenvalue weighted by Gasteiger charge is -1.95. The smallest absolute Gasteiger partial charge is 0.395 e. The molecule has 18 heavy (non-hydrogen) atoms. The maximum atomic E-state index is 5.83. The number of hydrogen-bond donors (Lipinski definition) is 2. The first-order chi connectivity index (χ1) is 7.76. The maximum Gasteiger partial charge on any atom is 0.395 e. The summed E-state index contributed by atoms with van der Waals surface area (Å²) in [6.45, 7) is 3.05. The van der Waals surface area contributed by atoms with Gasteiger partial charge in [-0.25, -0.2) is 0 Å². The summed E-state index contributed by atoms with van der Waals surface area (Å²) in [7, 11) is 2.06. The summed E-state index contributed by atoms with van der Waals surface area (Å²) < 4.78 is 0. The Morgan fingerprint density at radius 3 is 2.39 bits per heavy atom. The first-order valence-electron chi connectivity index (χ1n) is 5.53. The Morgan fingerprint density at radius 1 is 1.28 bits per heavy atom. The molecule has 104 valence electrons. The van der Waals surface area contributed by atoms with Gasteiger partial charge in [-0.1, -0.05) is 30.7 Å². The van der Waals surface area contributed by atoms with Gasteiger partial charge in [0.2, 0.25) is 0 Å². The van der Waals surface area contributed by atoms with Crippen LogP contribution in [0.5, 0.6) is 0 Å². The van der Waals surface area contributed by atoms with Crippen LogP contribution in [0.1, 0.15) is 18.9 Å². The Bertz CT molecular complexity index is 344. The van der Waals surface area contributed by atoms with E-state index in [1.807, 2.05) is 36.0 Å². The largest absolute Gasteiger partial charge is 1.00 e. The quantitative estimate of drug-likeness (QED) is 0.371. The molecule has 0 saturated carbocycles. The third-order valence-electron chi connectivity index (χ3n) is 2.10. The van der Waals surface area contributed by atoms with Crippen molar-refractivity contribution in [3.63, 3.8) is 0 Å². The molecule has 0 aliphatic heterocycles. The molecule has 1 aromatic carbocycles. The highest BCUT2D eigenvalue weighted by Crippen LogP contribution is 2.08. The lowest BCUT2D eigenvalue weighted by atomic mass is 10.2. The Balaban J connectivity index is 0. The van der Waals surface area contributed by atoms with Crippen molar-refractivity contribution in [1.82, 2.24) is 0 Å². The van der Waals surface area contributed by atoms with E-state index in [4.69, 9.17) is 11.6 Å². The van der Waals surface area contributed by atoms with Crippen molar-refractivity contribution in [1.29, 1.82) is 0 Å². The topological polar surface area (TPSA) is 30.6 Å². The molecule has 0 aromatic heterocycles. The zero-order chi connectivity index (χ0) is 11.8. The van der Waals surface area contributed by atoms with Crippen LogP contribution in [-0.2, 0) is 6.54 Å². The summed E-state index contributed by atoms with van der Waals surface area (Å²) in [6, 6.07) is 7.94. The fourth-order valence-corrected chi connectivity index (χ4v) is 2.13. The van der Waals surface area contributed by atoms with Crippen molar-refractivity contribution in [2.24, 2.45) is 0 Å². The number of amidine groups is 1. The fourth-order valence-electron chi connectivity index (χ4n) is 1.24. The van der Waals surface area contributed by atoms with E-state index in [0.29, 0.717) is 0 Å². The highest BCUT2D eigenvalue weighted by molar-refractivity contribution is 8.13. The fraction of sp³-hybridized carbons (Fsp3) is 0.417. The van der Waals surface area contributed by atoms with Gasteiger partial charge in [0, 0.05) is 28.1 Å².